The van der Waals surface area contributed by atoms with Crippen LogP contribution in [-0.2, 0) is 19.7 Å². The highest BCUT2D eigenvalue weighted by atomic mass is 32.2. The van der Waals surface area contributed by atoms with Gasteiger partial charge in [-0.25, -0.2) is 0 Å². The fraction of sp³-hybridized carbons (Fsp3) is 0.909. The van der Waals surface area contributed by atoms with Gasteiger partial charge in [0.1, 0.15) is 0 Å². The van der Waals surface area contributed by atoms with Crippen molar-refractivity contribution in [3.05, 3.63) is 0 Å². The van der Waals surface area contributed by atoms with E-state index in [9.17, 15) is 18.3 Å². The monoisotopic (exact) mass is 294 g/mol. The van der Waals surface area contributed by atoms with Crippen molar-refractivity contribution in [1.29, 1.82) is 0 Å². The Morgan fingerprint density at radius 3 is 2.53 bits per heavy atom. The predicted octanol–water partition coefficient (Wildman–Crippen LogP) is -0.427. The Kier molecular flexibility index (Phi) is 5.31. The number of nitrogens with zero attached hydrogens (tertiary/aromatic N) is 2. The van der Waals surface area contributed by atoms with Gasteiger partial charge < -0.3 is 9.84 Å². The summed E-state index contributed by atoms with van der Waals surface area (Å²) in [6.45, 7) is 2.24. The normalized spacial score (nSPS) is 19.2. The van der Waals surface area contributed by atoms with Crippen LogP contribution in [0, 0.1) is 0 Å². The predicted molar refractivity (Wildman–Crippen MR) is 69.6 cm³/mol. The zero-order valence-corrected chi connectivity index (χ0v) is 12.4. The second kappa shape index (κ2) is 6.17. The molecule has 1 rings (SSSR count). The van der Waals surface area contributed by atoms with Gasteiger partial charge in [-0.3, -0.25) is 4.79 Å². The van der Waals surface area contributed by atoms with Crippen LogP contribution in [0.1, 0.15) is 26.2 Å². The SMILES string of the molecule is CCCC1(O)CN(S(=O)(=O)N(C)CCC(=O)OC)C1. The molecule has 7 nitrogen and oxygen atoms in total. The number of rotatable bonds is 7. The minimum atomic E-state index is -3.60. The van der Waals surface area contributed by atoms with Crippen molar-refractivity contribution >= 4 is 16.2 Å². The van der Waals surface area contributed by atoms with Crippen molar-refractivity contribution in [2.45, 2.75) is 31.8 Å². The van der Waals surface area contributed by atoms with Crippen molar-refractivity contribution < 1.29 is 23.1 Å². The molecule has 0 atom stereocenters. The van der Waals surface area contributed by atoms with Crippen LogP contribution >= 0.6 is 0 Å². The summed E-state index contributed by atoms with van der Waals surface area (Å²) >= 11 is 0. The van der Waals surface area contributed by atoms with E-state index in [4.69, 9.17) is 0 Å². The number of β-amino-alcohol motifs (C(OH)–C–C–N with tert-alkyl or cyclic N) is 1. The third-order valence-corrected chi connectivity index (χ3v) is 5.12. The van der Waals surface area contributed by atoms with Gasteiger partial charge in [-0.15, -0.1) is 0 Å². The van der Waals surface area contributed by atoms with Crippen LogP contribution < -0.4 is 0 Å². The lowest BCUT2D eigenvalue weighted by atomic mass is 9.92. The molecule has 1 fully saturated rings. The summed E-state index contributed by atoms with van der Waals surface area (Å²) < 4.78 is 31.0. The third-order valence-electron chi connectivity index (χ3n) is 3.24. The van der Waals surface area contributed by atoms with Crippen molar-refractivity contribution in [3.63, 3.8) is 0 Å². The number of carbonyl (C=O) groups is 1. The van der Waals surface area contributed by atoms with Gasteiger partial charge in [-0.05, 0) is 6.42 Å². The summed E-state index contributed by atoms with van der Waals surface area (Å²) in [5.74, 6) is -0.451. The molecule has 8 heteroatoms. The average Bonchev–Trinajstić information content (AvgIpc) is 2.32. The fourth-order valence-corrected chi connectivity index (χ4v) is 3.58. The zero-order chi connectivity index (χ0) is 14.7. The van der Waals surface area contributed by atoms with Crippen LogP contribution in [0.2, 0.25) is 0 Å². The second-order valence-corrected chi connectivity index (χ2v) is 6.93. The van der Waals surface area contributed by atoms with Crippen LogP contribution in [0.5, 0.6) is 0 Å². The fourth-order valence-electron chi connectivity index (χ4n) is 2.06. The molecule has 1 heterocycles. The number of esters is 1. The van der Waals surface area contributed by atoms with Crippen molar-refractivity contribution in [1.82, 2.24) is 8.61 Å². The van der Waals surface area contributed by atoms with E-state index in [1.54, 1.807) is 0 Å². The number of ether oxygens (including phenoxy) is 1. The first-order valence-electron chi connectivity index (χ1n) is 6.26. The molecule has 1 N–H and O–H groups in total. The Labute approximate surface area is 114 Å². The van der Waals surface area contributed by atoms with Crippen LogP contribution in [-0.4, -0.2) is 67.5 Å². The molecular weight excluding hydrogens is 272 g/mol. The largest absolute Gasteiger partial charge is 0.469 e. The molecule has 1 aliphatic rings. The van der Waals surface area contributed by atoms with Gasteiger partial charge in [-0.2, -0.15) is 17.0 Å². The Bertz CT molecular complexity index is 417. The summed E-state index contributed by atoms with van der Waals surface area (Å²) in [5.41, 5.74) is -0.898. The minimum absolute atomic E-state index is 0.0132. The Morgan fingerprint density at radius 1 is 1.47 bits per heavy atom. The van der Waals surface area contributed by atoms with Gasteiger partial charge >= 0.3 is 5.97 Å². The van der Waals surface area contributed by atoms with Crippen molar-refractivity contribution in [3.8, 4) is 0 Å². The molecular formula is C11H22N2O5S. The molecule has 0 unspecified atom stereocenters. The van der Waals surface area contributed by atoms with Crippen LogP contribution in [0.15, 0.2) is 0 Å². The Hall–Kier alpha value is -0.700. The summed E-state index contributed by atoms with van der Waals surface area (Å²) in [6.07, 6.45) is 1.41. The molecule has 112 valence electrons. The van der Waals surface area contributed by atoms with Gasteiger partial charge in [0.15, 0.2) is 0 Å². The van der Waals surface area contributed by atoms with Crippen molar-refractivity contribution in [2.24, 2.45) is 0 Å². The van der Waals surface area contributed by atoms with Gasteiger partial charge in [-0.1, -0.05) is 13.3 Å². The summed E-state index contributed by atoms with van der Waals surface area (Å²) in [4.78, 5) is 11.0. The molecule has 0 aromatic heterocycles. The number of carbonyl (C=O) groups excluding carboxylic acids is 1. The molecule has 1 saturated heterocycles. The zero-order valence-electron chi connectivity index (χ0n) is 11.6. The number of methoxy groups -OCH3 is 1. The van der Waals surface area contributed by atoms with E-state index in [0.29, 0.717) is 6.42 Å². The van der Waals surface area contributed by atoms with Crippen LogP contribution in [0.25, 0.3) is 0 Å². The van der Waals surface area contributed by atoms with E-state index in [2.05, 4.69) is 4.74 Å². The van der Waals surface area contributed by atoms with E-state index in [-0.39, 0.29) is 26.1 Å². The molecule has 0 spiro atoms. The third kappa shape index (κ3) is 3.88. The van der Waals surface area contributed by atoms with Gasteiger partial charge in [0.25, 0.3) is 10.2 Å². The molecule has 1 aliphatic heterocycles. The average molecular weight is 294 g/mol. The maximum absolute atomic E-state index is 12.1. The lowest BCUT2D eigenvalue weighted by Gasteiger charge is -2.46. The quantitative estimate of drug-likeness (QED) is 0.644. The maximum atomic E-state index is 12.1. The van der Waals surface area contributed by atoms with E-state index >= 15 is 0 Å². The molecule has 0 amide bonds. The van der Waals surface area contributed by atoms with E-state index in [1.165, 1.54) is 18.5 Å². The molecule has 0 bridgehead atoms. The standard InChI is InChI=1S/C11H22N2O5S/c1-4-6-11(15)8-13(9-11)19(16,17)12(2)7-5-10(14)18-3/h15H,4-9H2,1-3H3. The molecule has 0 aliphatic carbocycles. The summed E-state index contributed by atoms with van der Waals surface area (Å²) in [5, 5.41) is 9.98. The summed E-state index contributed by atoms with van der Waals surface area (Å²) in [6, 6.07) is 0. The highest BCUT2D eigenvalue weighted by Crippen LogP contribution is 2.29. The topological polar surface area (TPSA) is 87.2 Å². The van der Waals surface area contributed by atoms with Gasteiger partial charge in [0.2, 0.25) is 0 Å². The van der Waals surface area contributed by atoms with E-state index < -0.39 is 21.8 Å². The Balaban J connectivity index is 2.51. The van der Waals surface area contributed by atoms with E-state index in [0.717, 1.165) is 10.7 Å². The lowest BCUT2D eigenvalue weighted by Crippen LogP contribution is -2.65. The smallest absolute Gasteiger partial charge is 0.306 e. The molecule has 0 saturated carbocycles. The highest BCUT2D eigenvalue weighted by molar-refractivity contribution is 7.86. The molecule has 0 aromatic carbocycles. The molecule has 19 heavy (non-hydrogen) atoms. The summed E-state index contributed by atoms with van der Waals surface area (Å²) in [7, 11) is -0.923. The molecule has 0 radical (unpaired) electrons. The van der Waals surface area contributed by atoms with Crippen LogP contribution in [0.4, 0.5) is 0 Å². The van der Waals surface area contributed by atoms with Crippen molar-refractivity contribution in [2.75, 3.05) is 33.8 Å². The maximum Gasteiger partial charge on any atom is 0.306 e. The minimum Gasteiger partial charge on any atom is -0.469 e. The first-order chi connectivity index (χ1) is 8.75. The Morgan fingerprint density at radius 2 is 2.05 bits per heavy atom. The lowest BCUT2D eigenvalue weighted by molar-refractivity contribution is -0.140. The number of aliphatic hydroxyl groups is 1. The first-order valence-corrected chi connectivity index (χ1v) is 7.65. The van der Waals surface area contributed by atoms with Crippen LogP contribution in [0.3, 0.4) is 0 Å². The number of hydrogen-bond donors (Lipinski definition) is 1. The molecule has 0 aromatic rings. The van der Waals surface area contributed by atoms with E-state index in [1.807, 2.05) is 6.92 Å². The van der Waals surface area contributed by atoms with Gasteiger partial charge in [0, 0.05) is 26.7 Å². The number of hydrogen-bond acceptors (Lipinski definition) is 5. The highest BCUT2D eigenvalue weighted by Gasteiger charge is 2.47. The van der Waals surface area contributed by atoms with Gasteiger partial charge in [0.05, 0.1) is 19.1 Å². The second-order valence-electron chi connectivity index (χ2n) is 4.90. The first kappa shape index (κ1) is 16.4.